The Balaban J connectivity index is 2.60. The first-order valence-corrected chi connectivity index (χ1v) is 5.71. The first-order valence-electron chi connectivity index (χ1n) is 5.18. The zero-order valence-electron chi connectivity index (χ0n) is 8.79. The van der Waals surface area contributed by atoms with Crippen LogP contribution in [0.1, 0.15) is 12.0 Å². The van der Waals surface area contributed by atoms with E-state index in [-0.39, 0.29) is 5.56 Å². The zero-order chi connectivity index (χ0) is 11.5. The number of H-pyrrole nitrogens is 1. The van der Waals surface area contributed by atoms with Crippen molar-refractivity contribution in [1.29, 1.82) is 0 Å². The van der Waals surface area contributed by atoms with Crippen molar-refractivity contribution in [2.45, 2.75) is 12.8 Å². The molecule has 3 N–H and O–H groups in total. The van der Waals surface area contributed by atoms with E-state index in [1.54, 1.807) is 12.1 Å². The van der Waals surface area contributed by atoms with Crippen LogP contribution < -0.4 is 11.3 Å². The summed E-state index contributed by atoms with van der Waals surface area (Å²) in [6, 6.07) is 7.11. The Morgan fingerprint density at radius 2 is 2.12 bits per heavy atom. The lowest BCUT2D eigenvalue weighted by Crippen LogP contribution is -2.07. The van der Waals surface area contributed by atoms with E-state index >= 15 is 0 Å². The highest BCUT2D eigenvalue weighted by molar-refractivity contribution is 6.17. The monoisotopic (exact) mass is 236 g/mol. The maximum absolute atomic E-state index is 11.4. The number of anilines is 1. The van der Waals surface area contributed by atoms with Gasteiger partial charge in [0.25, 0.3) is 0 Å². The number of nitrogens with one attached hydrogen (secondary N) is 1. The topological polar surface area (TPSA) is 58.9 Å². The number of benzene rings is 1. The lowest BCUT2D eigenvalue weighted by molar-refractivity contribution is 0.932. The van der Waals surface area contributed by atoms with E-state index in [4.69, 9.17) is 17.3 Å². The molecule has 1 heterocycles. The summed E-state index contributed by atoms with van der Waals surface area (Å²) in [5.74, 6) is 0.594. The Morgan fingerprint density at radius 1 is 1.31 bits per heavy atom. The highest BCUT2D eigenvalue weighted by Gasteiger charge is 2.03. The zero-order valence-corrected chi connectivity index (χ0v) is 9.55. The number of rotatable bonds is 3. The van der Waals surface area contributed by atoms with Crippen LogP contribution in [0.2, 0.25) is 0 Å². The average Bonchev–Trinajstić information content (AvgIpc) is 2.26. The summed E-state index contributed by atoms with van der Waals surface area (Å²) in [7, 11) is 0. The predicted molar refractivity (Wildman–Crippen MR) is 68.0 cm³/mol. The fraction of sp³-hybridized carbons (Fsp3) is 0.250. The molecule has 0 atom stereocenters. The number of nitrogen functional groups attached to an aromatic ring is 1. The van der Waals surface area contributed by atoms with E-state index in [9.17, 15) is 4.79 Å². The Kier molecular flexibility index (Phi) is 3.15. The second-order valence-corrected chi connectivity index (χ2v) is 4.13. The number of aromatic amines is 1. The minimum atomic E-state index is -0.0816. The number of hydrogen-bond acceptors (Lipinski definition) is 2. The van der Waals surface area contributed by atoms with Gasteiger partial charge < -0.3 is 10.7 Å². The van der Waals surface area contributed by atoms with E-state index in [0.717, 1.165) is 29.3 Å². The van der Waals surface area contributed by atoms with Crippen molar-refractivity contribution in [3.8, 4) is 0 Å². The third-order valence-corrected chi connectivity index (χ3v) is 2.80. The van der Waals surface area contributed by atoms with Gasteiger partial charge in [-0.15, -0.1) is 11.6 Å². The second kappa shape index (κ2) is 4.58. The van der Waals surface area contributed by atoms with Gasteiger partial charge >= 0.3 is 0 Å². The molecule has 4 heteroatoms. The van der Waals surface area contributed by atoms with Gasteiger partial charge in [0, 0.05) is 28.5 Å². The van der Waals surface area contributed by atoms with Crippen molar-refractivity contribution in [3.05, 3.63) is 40.2 Å². The predicted octanol–water partition coefficient (Wildman–Crippen LogP) is 2.28. The first kappa shape index (κ1) is 11.0. The van der Waals surface area contributed by atoms with Gasteiger partial charge in [-0.25, -0.2) is 0 Å². The van der Waals surface area contributed by atoms with E-state index < -0.39 is 0 Å². The van der Waals surface area contributed by atoms with Crippen LogP contribution in [-0.2, 0) is 6.42 Å². The summed E-state index contributed by atoms with van der Waals surface area (Å²) >= 11 is 5.66. The van der Waals surface area contributed by atoms with Gasteiger partial charge in [-0.3, -0.25) is 4.79 Å². The molecule has 0 radical (unpaired) electrons. The standard InChI is InChI=1S/C12H13ClN2O/c13-5-1-2-8-6-12(16)15-11-4-3-9(14)7-10(8)11/h3-4,6-7H,1-2,5,14H2,(H,15,16). The molecule has 3 nitrogen and oxygen atoms in total. The Hall–Kier alpha value is -1.48. The third-order valence-electron chi connectivity index (χ3n) is 2.53. The molecule has 0 saturated carbocycles. The van der Waals surface area contributed by atoms with Crippen LogP contribution in [0.4, 0.5) is 5.69 Å². The van der Waals surface area contributed by atoms with E-state index in [1.165, 1.54) is 0 Å². The number of hydrogen-bond donors (Lipinski definition) is 2. The Bertz CT molecular complexity index is 562. The molecule has 1 aromatic carbocycles. The maximum atomic E-state index is 11.4. The lowest BCUT2D eigenvalue weighted by Gasteiger charge is -2.06. The van der Waals surface area contributed by atoms with Gasteiger partial charge in [0.1, 0.15) is 0 Å². The van der Waals surface area contributed by atoms with E-state index in [1.807, 2.05) is 12.1 Å². The fourth-order valence-corrected chi connectivity index (χ4v) is 1.94. The van der Waals surface area contributed by atoms with Crippen LogP contribution in [0.5, 0.6) is 0 Å². The summed E-state index contributed by atoms with van der Waals surface area (Å²) in [4.78, 5) is 14.2. The molecule has 0 spiro atoms. The van der Waals surface area contributed by atoms with E-state index in [0.29, 0.717) is 11.6 Å². The number of halogens is 1. The molecule has 2 rings (SSSR count). The molecule has 0 aliphatic heterocycles. The van der Waals surface area contributed by atoms with Crippen LogP contribution in [-0.4, -0.2) is 10.9 Å². The number of aryl methyl sites for hydroxylation is 1. The molecule has 0 aliphatic carbocycles. The minimum Gasteiger partial charge on any atom is -0.399 e. The SMILES string of the molecule is Nc1ccc2[nH]c(=O)cc(CCCCl)c2c1. The molecule has 16 heavy (non-hydrogen) atoms. The quantitative estimate of drug-likeness (QED) is 0.635. The maximum Gasteiger partial charge on any atom is 0.248 e. The molecule has 0 bridgehead atoms. The van der Waals surface area contributed by atoms with Crippen molar-refractivity contribution >= 4 is 28.2 Å². The summed E-state index contributed by atoms with van der Waals surface area (Å²) < 4.78 is 0. The van der Waals surface area contributed by atoms with Gasteiger partial charge in [-0.1, -0.05) is 0 Å². The molecule has 0 amide bonds. The molecule has 0 unspecified atom stereocenters. The third kappa shape index (κ3) is 2.19. The molecular formula is C12H13ClN2O. The normalized spacial score (nSPS) is 10.8. The molecule has 0 fully saturated rings. The number of nitrogens with two attached hydrogens (primary N) is 1. The van der Waals surface area contributed by atoms with Crippen LogP contribution in [0.15, 0.2) is 29.1 Å². The summed E-state index contributed by atoms with van der Waals surface area (Å²) in [6.07, 6.45) is 1.66. The van der Waals surface area contributed by atoms with Crippen LogP contribution in [0.3, 0.4) is 0 Å². The summed E-state index contributed by atoms with van der Waals surface area (Å²) in [6.45, 7) is 0. The molecule has 0 aliphatic rings. The summed E-state index contributed by atoms with van der Waals surface area (Å²) in [5.41, 5.74) is 8.19. The van der Waals surface area contributed by atoms with E-state index in [2.05, 4.69) is 4.98 Å². The van der Waals surface area contributed by atoms with Crippen molar-refractivity contribution in [1.82, 2.24) is 4.98 Å². The van der Waals surface area contributed by atoms with Crippen LogP contribution >= 0.6 is 11.6 Å². The highest BCUT2D eigenvalue weighted by Crippen LogP contribution is 2.19. The molecular weight excluding hydrogens is 224 g/mol. The Morgan fingerprint density at radius 3 is 2.88 bits per heavy atom. The number of pyridine rings is 1. The summed E-state index contributed by atoms with van der Waals surface area (Å²) in [5, 5.41) is 1.00. The molecule has 2 aromatic rings. The largest absolute Gasteiger partial charge is 0.399 e. The van der Waals surface area contributed by atoms with Crippen molar-refractivity contribution in [2.75, 3.05) is 11.6 Å². The minimum absolute atomic E-state index is 0.0816. The number of alkyl halides is 1. The van der Waals surface area contributed by atoms with Crippen molar-refractivity contribution in [3.63, 3.8) is 0 Å². The number of fused-ring (bicyclic) bond motifs is 1. The second-order valence-electron chi connectivity index (χ2n) is 3.76. The van der Waals surface area contributed by atoms with Crippen LogP contribution in [0.25, 0.3) is 10.9 Å². The highest BCUT2D eigenvalue weighted by atomic mass is 35.5. The van der Waals surface area contributed by atoms with Gasteiger partial charge in [-0.2, -0.15) is 0 Å². The van der Waals surface area contributed by atoms with Gasteiger partial charge in [0.05, 0.1) is 0 Å². The Labute approximate surface area is 98.2 Å². The molecule has 1 aromatic heterocycles. The van der Waals surface area contributed by atoms with Gasteiger partial charge in [0.2, 0.25) is 5.56 Å². The van der Waals surface area contributed by atoms with Crippen LogP contribution in [0, 0.1) is 0 Å². The fourth-order valence-electron chi connectivity index (χ4n) is 1.81. The first-order chi connectivity index (χ1) is 7.70. The lowest BCUT2D eigenvalue weighted by atomic mass is 10.0. The smallest absolute Gasteiger partial charge is 0.248 e. The van der Waals surface area contributed by atoms with Crippen molar-refractivity contribution < 1.29 is 0 Å². The van der Waals surface area contributed by atoms with Gasteiger partial charge in [-0.05, 0) is 36.6 Å². The number of aromatic nitrogens is 1. The van der Waals surface area contributed by atoms with Gasteiger partial charge in [0.15, 0.2) is 0 Å². The van der Waals surface area contributed by atoms with Crippen molar-refractivity contribution in [2.24, 2.45) is 0 Å². The molecule has 0 saturated heterocycles. The average molecular weight is 237 g/mol. The molecule has 84 valence electrons.